The summed E-state index contributed by atoms with van der Waals surface area (Å²) in [5, 5.41) is 0. The van der Waals surface area contributed by atoms with Crippen LogP contribution in [-0.4, -0.2) is 0 Å². The highest BCUT2D eigenvalue weighted by Gasteiger charge is 2.43. The molecular weight excluding hydrogens is 564 g/mol. The van der Waals surface area contributed by atoms with Crippen LogP contribution >= 0.6 is 0 Å². The van der Waals surface area contributed by atoms with Crippen LogP contribution in [0.1, 0.15) is 49.9 Å². The lowest BCUT2D eigenvalue weighted by molar-refractivity contribution is 0.471. The van der Waals surface area contributed by atoms with Crippen molar-refractivity contribution in [1.29, 1.82) is 0 Å². The molecule has 0 aromatic heterocycles. The summed E-state index contributed by atoms with van der Waals surface area (Å²) in [5.74, 6) is 3.56. The summed E-state index contributed by atoms with van der Waals surface area (Å²) in [5.41, 5.74) is 14.0. The van der Waals surface area contributed by atoms with E-state index in [0.717, 1.165) is 45.7 Å². The fourth-order valence-electron chi connectivity index (χ4n) is 8.24. The zero-order valence-electron chi connectivity index (χ0n) is 26.3. The van der Waals surface area contributed by atoms with Crippen molar-refractivity contribution < 1.29 is 9.47 Å². The van der Waals surface area contributed by atoms with E-state index in [1.165, 1.54) is 44.8 Å². The van der Waals surface area contributed by atoms with Gasteiger partial charge in [0, 0.05) is 10.8 Å². The molecule has 4 heteroatoms. The molecule has 0 atom stereocenters. The molecule has 0 unspecified atom stereocenters. The van der Waals surface area contributed by atoms with E-state index in [4.69, 9.17) is 9.47 Å². The van der Waals surface area contributed by atoms with Gasteiger partial charge in [-0.3, -0.25) is 0 Å². The lowest BCUT2D eigenvalue weighted by Crippen LogP contribution is -2.32. The maximum atomic E-state index is 6.46. The quantitative estimate of drug-likeness (QED) is 0.188. The van der Waals surface area contributed by atoms with E-state index in [1.807, 2.05) is 12.1 Å². The Kier molecular flexibility index (Phi) is 4.83. The minimum Gasteiger partial charge on any atom is -0.453 e. The number of ether oxygens (including phenoxy) is 2. The molecule has 4 aliphatic heterocycles. The van der Waals surface area contributed by atoms with Crippen LogP contribution in [0.25, 0.3) is 11.1 Å². The summed E-state index contributed by atoms with van der Waals surface area (Å²) in [6.07, 6.45) is 0. The van der Waals surface area contributed by atoms with E-state index in [2.05, 4.69) is 147 Å². The van der Waals surface area contributed by atoms with Crippen molar-refractivity contribution in [1.82, 2.24) is 0 Å². The first-order chi connectivity index (χ1) is 22.3. The second-order valence-electron chi connectivity index (χ2n) is 13.8. The Morgan fingerprint density at radius 3 is 1.52 bits per heavy atom. The Morgan fingerprint density at radius 1 is 0.391 bits per heavy atom. The summed E-state index contributed by atoms with van der Waals surface area (Å²) in [4.78, 5) is 4.81. The Bertz CT molecular complexity index is 2300. The largest absolute Gasteiger partial charge is 0.453 e. The van der Waals surface area contributed by atoms with Crippen molar-refractivity contribution in [3.63, 3.8) is 0 Å². The Hall–Kier alpha value is -5.48. The van der Waals surface area contributed by atoms with Gasteiger partial charge in [-0.05, 0) is 88.0 Å². The number of benzene rings is 6. The summed E-state index contributed by atoms with van der Waals surface area (Å²) in [6.45, 7) is 9.32. The van der Waals surface area contributed by atoms with Crippen LogP contribution in [0, 0.1) is 0 Å². The molecule has 46 heavy (non-hydrogen) atoms. The first kappa shape index (κ1) is 25.8. The third-order valence-electron chi connectivity index (χ3n) is 10.6. The van der Waals surface area contributed by atoms with Gasteiger partial charge in [0.2, 0.25) is 0 Å². The van der Waals surface area contributed by atoms with Gasteiger partial charge in [0.15, 0.2) is 23.0 Å². The zero-order valence-corrected chi connectivity index (χ0v) is 26.3. The normalized spacial score (nSPS) is 16.4. The van der Waals surface area contributed by atoms with E-state index in [9.17, 15) is 0 Å². The smallest absolute Gasteiger partial charge is 0.151 e. The Morgan fingerprint density at radius 2 is 0.891 bits per heavy atom. The fourth-order valence-corrected chi connectivity index (χ4v) is 8.24. The Labute approximate surface area is 269 Å². The molecule has 4 aliphatic rings. The molecule has 0 aliphatic carbocycles. The highest BCUT2D eigenvalue weighted by atomic mass is 16.5. The van der Waals surface area contributed by atoms with Crippen LogP contribution < -0.4 is 19.3 Å². The number of nitrogens with zero attached hydrogens (tertiary/aromatic N) is 2. The molecule has 6 aromatic carbocycles. The van der Waals surface area contributed by atoms with Crippen LogP contribution in [0.4, 0.5) is 34.1 Å². The van der Waals surface area contributed by atoms with Crippen LogP contribution in [0.2, 0.25) is 0 Å². The van der Waals surface area contributed by atoms with E-state index in [1.54, 1.807) is 0 Å². The summed E-state index contributed by atoms with van der Waals surface area (Å²) >= 11 is 0. The van der Waals surface area contributed by atoms with Gasteiger partial charge in [0.25, 0.3) is 0 Å². The molecule has 10 rings (SSSR count). The number of rotatable bonds is 1. The van der Waals surface area contributed by atoms with E-state index < -0.39 is 0 Å². The van der Waals surface area contributed by atoms with Gasteiger partial charge in [-0.1, -0.05) is 94.4 Å². The van der Waals surface area contributed by atoms with Crippen LogP contribution in [0.3, 0.4) is 0 Å². The minimum atomic E-state index is -0.226. The van der Waals surface area contributed by atoms with Crippen molar-refractivity contribution in [2.24, 2.45) is 0 Å². The van der Waals surface area contributed by atoms with Crippen LogP contribution in [0.5, 0.6) is 23.0 Å². The van der Waals surface area contributed by atoms with Gasteiger partial charge in [-0.2, -0.15) is 0 Å². The standard InChI is InChI=1S/C42H32N2O2/c1-41(2)27-21-19-26(24-34(27)44-33-14-6-8-16-36(33)46-38-18-9-11-28(41)40(38)44)25-20-22-31-30(23-25)42(3,4)29-12-10-17-37-39(29)43(31)32-13-5-7-15-35(32)45-37/h5-24H,1-4H3. The van der Waals surface area contributed by atoms with Gasteiger partial charge in [-0.15, -0.1) is 0 Å². The van der Waals surface area contributed by atoms with Gasteiger partial charge >= 0.3 is 0 Å². The van der Waals surface area contributed by atoms with Crippen LogP contribution in [0.15, 0.2) is 121 Å². The number of hydrogen-bond donors (Lipinski definition) is 0. The van der Waals surface area contributed by atoms with Crippen molar-refractivity contribution in [2.45, 2.75) is 38.5 Å². The second kappa shape index (κ2) is 8.61. The molecule has 0 spiro atoms. The van der Waals surface area contributed by atoms with Crippen LogP contribution in [-0.2, 0) is 10.8 Å². The molecule has 0 saturated carbocycles. The van der Waals surface area contributed by atoms with E-state index >= 15 is 0 Å². The fraction of sp³-hybridized carbons (Fsp3) is 0.143. The SMILES string of the molecule is CC1(C)c2ccc(-c3ccc4c(c3)C(C)(C)c3cccc5c3N4c3ccccc3O5)cc2N2c3ccccc3Oc3cccc1c32. The molecule has 0 amide bonds. The molecule has 4 nitrogen and oxygen atoms in total. The van der Waals surface area contributed by atoms with Crippen molar-refractivity contribution >= 4 is 34.1 Å². The maximum absolute atomic E-state index is 6.46. The average Bonchev–Trinajstić information content (AvgIpc) is 3.07. The molecule has 0 bridgehead atoms. The lowest BCUT2D eigenvalue weighted by Gasteiger charge is -2.45. The molecule has 0 N–H and O–H groups in total. The van der Waals surface area contributed by atoms with E-state index in [-0.39, 0.29) is 10.8 Å². The average molecular weight is 597 g/mol. The maximum Gasteiger partial charge on any atom is 0.151 e. The summed E-state index contributed by atoms with van der Waals surface area (Å²) in [6, 6.07) is 43.6. The Balaban J connectivity index is 1.17. The van der Waals surface area contributed by atoms with Crippen molar-refractivity contribution in [3.05, 3.63) is 144 Å². The van der Waals surface area contributed by atoms with Gasteiger partial charge in [0.05, 0.1) is 34.1 Å². The predicted octanol–water partition coefficient (Wildman–Crippen LogP) is 11.8. The zero-order chi connectivity index (χ0) is 30.9. The van der Waals surface area contributed by atoms with Gasteiger partial charge in [-0.25, -0.2) is 0 Å². The number of hydrogen-bond acceptors (Lipinski definition) is 4. The first-order valence-electron chi connectivity index (χ1n) is 16.0. The third kappa shape index (κ3) is 3.18. The van der Waals surface area contributed by atoms with Crippen molar-refractivity contribution in [3.8, 4) is 34.1 Å². The second-order valence-corrected chi connectivity index (χ2v) is 13.8. The van der Waals surface area contributed by atoms with E-state index in [0.29, 0.717) is 0 Å². The molecule has 6 aromatic rings. The summed E-state index contributed by atoms with van der Waals surface area (Å²) in [7, 11) is 0. The molecule has 0 fully saturated rings. The topological polar surface area (TPSA) is 24.9 Å². The molecule has 0 radical (unpaired) electrons. The highest BCUT2D eigenvalue weighted by molar-refractivity contribution is 5.96. The van der Waals surface area contributed by atoms with Gasteiger partial charge in [0.1, 0.15) is 0 Å². The number of anilines is 6. The summed E-state index contributed by atoms with van der Waals surface area (Å²) < 4.78 is 12.9. The molecule has 4 heterocycles. The lowest BCUT2D eigenvalue weighted by atomic mass is 9.71. The molecule has 222 valence electrons. The minimum absolute atomic E-state index is 0.186. The van der Waals surface area contributed by atoms with Gasteiger partial charge < -0.3 is 19.3 Å². The highest BCUT2D eigenvalue weighted by Crippen LogP contribution is 2.62. The predicted molar refractivity (Wildman–Crippen MR) is 186 cm³/mol. The third-order valence-corrected chi connectivity index (χ3v) is 10.6. The number of para-hydroxylation sites is 6. The monoisotopic (exact) mass is 596 g/mol. The first-order valence-corrected chi connectivity index (χ1v) is 16.0. The van der Waals surface area contributed by atoms with Crippen molar-refractivity contribution in [2.75, 3.05) is 9.80 Å². The number of fused-ring (bicyclic) bond motifs is 8. The molecular formula is C42H32N2O2. The molecule has 0 saturated heterocycles.